The van der Waals surface area contributed by atoms with Crippen molar-refractivity contribution in [1.82, 2.24) is 0 Å². The molecule has 4 aromatic carbocycles. The Hall–Kier alpha value is -3.26. The van der Waals surface area contributed by atoms with Crippen LogP contribution in [0.15, 0.2) is 91.0 Å². The molecule has 0 aliphatic carbocycles. The van der Waals surface area contributed by atoms with Gasteiger partial charge in [-0.15, -0.1) is 0 Å². The average Bonchev–Trinajstić information content (AvgIpc) is 2.80. The second kappa shape index (κ2) is 9.04. The predicted molar refractivity (Wildman–Crippen MR) is 121 cm³/mol. The highest BCUT2D eigenvalue weighted by Crippen LogP contribution is 2.28. The van der Waals surface area contributed by atoms with Gasteiger partial charge in [0.1, 0.15) is 0 Å². The number of benzene rings is 4. The van der Waals surface area contributed by atoms with Crippen LogP contribution in [-0.4, -0.2) is 0 Å². The minimum atomic E-state index is -0.828. The van der Waals surface area contributed by atoms with Crippen LogP contribution >= 0.6 is 0 Å². The zero-order valence-electron chi connectivity index (χ0n) is 17.0. The van der Waals surface area contributed by atoms with Crippen LogP contribution in [0.3, 0.4) is 0 Å². The molecule has 0 saturated heterocycles. The van der Waals surface area contributed by atoms with E-state index < -0.39 is 11.6 Å². The molecule has 0 unspecified atom stereocenters. The van der Waals surface area contributed by atoms with Crippen molar-refractivity contribution in [2.24, 2.45) is 0 Å². The van der Waals surface area contributed by atoms with Crippen molar-refractivity contribution in [3.63, 3.8) is 0 Å². The van der Waals surface area contributed by atoms with Gasteiger partial charge in [-0.2, -0.15) is 0 Å². The summed E-state index contributed by atoms with van der Waals surface area (Å²) in [6.07, 6.45) is 3.57. The van der Waals surface area contributed by atoms with Crippen molar-refractivity contribution in [2.45, 2.75) is 26.2 Å². The maximum atomic E-state index is 13.5. The highest BCUT2D eigenvalue weighted by Gasteiger charge is 2.06. The molecular weight excluding hydrogens is 374 g/mol. The monoisotopic (exact) mass is 398 g/mol. The molecule has 4 rings (SSSR count). The van der Waals surface area contributed by atoms with Crippen LogP contribution in [0.2, 0.25) is 0 Å². The molecule has 0 aromatic heterocycles. The van der Waals surface area contributed by atoms with Gasteiger partial charge in [-0.25, -0.2) is 8.78 Å². The first-order valence-electron chi connectivity index (χ1n) is 10.4. The highest BCUT2D eigenvalue weighted by molar-refractivity contribution is 5.73. The van der Waals surface area contributed by atoms with Gasteiger partial charge in [0.25, 0.3) is 0 Å². The Balaban J connectivity index is 1.50. The second-order valence-electron chi connectivity index (χ2n) is 7.58. The third kappa shape index (κ3) is 4.49. The lowest BCUT2D eigenvalue weighted by Gasteiger charge is -2.08. The van der Waals surface area contributed by atoms with E-state index in [9.17, 15) is 8.78 Å². The molecule has 0 atom stereocenters. The van der Waals surface area contributed by atoms with E-state index in [-0.39, 0.29) is 0 Å². The summed E-state index contributed by atoms with van der Waals surface area (Å²) in [7, 11) is 0. The minimum Gasteiger partial charge on any atom is -0.204 e. The van der Waals surface area contributed by atoms with Gasteiger partial charge >= 0.3 is 0 Å². The Morgan fingerprint density at radius 1 is 0.500 bits per heavy atom. The zero-order chi connectivity index (χ0) is 20.9. The van der Waals surface area contributed by atoms with E-state index >= 15 is 0 Å². The number of halogens is 2. The smallest absolute Gasteiger partial charge is 0.159 e. The third-order valence-electron chi connectivity index (χ3n) is 5.46. The molecule has 0 N–H and O–H groups in total. The topological polar surface area (TPSA) is 0 Å². The van der Waals surface area contributed by atoms with Gasteiger partial charge in [-0.3, -0.25) is 0 Å². The van der Waals surface area contributed by atoms with E-state index in [1.165, 1.54) is 35.6 Å². The van der Waals surface area contributed by atoms with Crippen LogP contribution in [0, 0.1) is 11.6 Å². The number of hydrogen-bond donors (Lipinski definition) is 0. The summed E-state index contributed by atoms with van der Waals surface area (Å²) in [5, 5.41) is 0. The molecule has 2 heteroatoms. The highest BCUT2D eigenvalue weighted by atomic mass is 19.2. The van der Waals surface area contributed by atoms with E-state index in [1.807, 2.05) is 24.3 Å². The largest absolute Gasteiger partial charge is 0.204 e. The summed E-state index contributed by atoms with van der Waals surface area (Å²) < 4.78 is 26.6. The molecule has 0 amide bonds. The van der Waals surface area contributed by atoms with Gasteiger partial charge in [0.2, 0.25) is 0 Å². The van der Waals surface area contributed by atoms with Crippen molar-refractivity contribution < 1.29 is 8.78 Å². The molecule has 30 heavy (non-hydrogen) atoms. The summed E-state index contributed by atoms with van der Waals surface area (Å²) in [5.74, 6) is -1.66. The lowest BCUT2D eigenvalue weighted by molar-refractivity contribution is 0.509. The van der Waals surface area contributed by atoms with Gasteiger partial charge in [0, 0.05) is 0 Å². The molecule has 0 aliphatic rings. The van der Waals surface area contributed by atoms with Crippen LogP contribution in [0.1, 0.15) is 25.3 Å². The minimum absolute atomic E-state index is 0.665. The van der Waals surface area contributed by atoms with Crippen molar-refractivity contribution in [3.8, 4) is 33.4 Å². The molecule has 150 valence electrons. The Kier molecular flexibility index (Phi) is 6.04. The zero-order valence-corrected chi connectivity index (χ0v) is 17.0. The first-order valence-corrected chi connectivity index (χ1v) is 10.4. The van der Waals surface area contributed by atoms with Crippen LogP contribution in [0.4, 0.5) is 8.78 Å². The van der Waals surface area contributed by atoms with E-state index in [1.54, 1.807) is 6.07 Å². The maximum Gasteiger partial charge on any atom is 0.159 e. The Morgan fingerprint density at radius 2 is 0.900 bits per heavy atom. The fourth-order valence-electron chi connectivity index (χ4n) is 3.63. The van der Waals surface area contributed by atoms with Gasteiger partial charge in [-0.05, 0) is 63.9 Å². The maximum absolute atomic E-state index is 13.5. The van der Waals surface area contributed by atoms with Crippen molar-refractivity contribution in [1.29, 1.82) is 0 Å². The molecule has 0 heterocycles. The van der Waals surface area contributed by atoms with Crippen LogP contribution in [0.25, 0.3) is 33.4 Å². The molecule has 0 radical (unpaired) electrons. The SMILES string of the molecule is CCCCc1ccc(-c2ccc(-c3ccc(-c4ccc(F)c(F)c4)cc3)cc2)cc1. The van der Waals surface area contributed by atoms with Crippen LogP contribution in [0.5, 0.6) is 0 Å². The van der Waals surface area contributed by atoms with E-state index in [4.69, 9.17) is 0 Å². The van der Waals surface area contributed by atoms with Crippen molar-refractivity contribution in [2.75, 3.05) is 0 Å². The van der Waals surface area contributed by atoms with E-state index in [2.05, 4.69) is 55.5 Å². The van der Waals surface area contributed by atoms with Gasteiger partial charge in [-0.1, -0.05) is 92.2 Å². The standard InChI is InChI=1S/C28H24F2/c1-2-3-4-20-5-7-21(8-6-20)22-9-11-23(12-10-22)24-13-15-25(16-14-24)26-17-18-27(29)28(30)19-26/h5-19H,2-4H2,1H3. The fraction of sp³-hybridized carbons (Fsp3) is 0.143. The van der Waals surface area contributed by atoms with Crippen LogP contribution in [-0.2, 0) is 6.42 Å². The molecule has 4 aromatic rings. The number of rotatable bonds is 6. The quantitative estimate of drug-likeness (QED) is 0.306. The average molecular weight is 398 g/mol. The molecule has 0 spiro atoms. The number of hydrogen-bond acceptors (Lipinski definition) is 0. The first kappa shape index (κ1) is 20.0. The van der Waals surface area contributed by atoms with Crippen molar-refractivity contribution >= 4 is 0 Å². The van der Waals surface area contributed by atoms with Crippen LogP contribution < -0.4 is 0 Å². The van der Waals surface area contributed by atoms with E-state index in [0.29, 0.717) is 5.56 Å². The molecule has 0 bridgehead atoms. The van der Waals surface area contributed by atoms with E-state index in [0.717, 1.165) is 29.2 Å². The fourth-order valence-corrected chi connectivity index (χ4v) is 3.63. The molecule has 0 saturated carbocycles. The molecule has 0 fully saturated rings. The summed E-state index contributed by atoms with van der Waals surface area (Å²) in [6, 6.07) is 29.2. The molecule has 0 nitrogen and oxygen atoms in total. The summed E-state index contributed by atoms with van der Waals surface area (Å²) in [5.41, 5.74) is 7.53. The number of unbranched alkanes of at least 4 members (excludes halogenated alkanes) is 1. The summed E-state index contributed by atoms with van der Waals surface area (Å²) in [6.45, 7) is 2.21. The lowest BCUT2D eigenvalue weighted by atomic mass is 9.97. The first-order chi connectivity index (χ1) is 14.6. The predicted octanol–water partition coefficient (Wildman–Crippen LogP) is 8.31. The molecule has 0 aliphatic heterocycles. The van der Waals surface area contributed by atoms with Crippen molar-refractivity contribution in [3.05, 3.63) is 108 Å². The van der Waals surface area contributed by atoms with Gasteiger partial charge in [0.05, 0.1) is 0 Å². The van der Waals surface area contributed by atoms with Gasteiger partial charge in [0.15, 0.2) is 11.6 Å². The summed E-state index contributed by atoms with van der Waals surface area (Å²) >= 11 is 0. The second-order valence-corrected chi connectivity index (χ2v) is 7.58. The normalized spacial score (nSPS) is 10.9. The Bertz CT molecular complexity index is 1110. The van der Waals surface area contributed by atoms with Gasteiger partial charge < -0.3 is 0 Å². The Labute approximate surface area is 176 Å². The Morgan fingerprint density at radius 3 is 1.33 bits per heavy atom. The number of aryl methyl sites for hydroxylation is 1. The summed E-state index contributed by atoms with van der Waals surface area (Å²) in [4.78, 5) is 0. The lowest BCUT2D eigenvalue weighted by Crippen LogP contribution is -1.86. The third-order valence-corrected chi connectivity index (χ3v) is 5.46. The molecular formula is C28H24F2.